The van der Waals surface area contributed by atoms with Crippen LogP contribution in [0.25, 0.3) is 0 Å². The molecule has 0 fully saturated rings. The average molecular weight is 223 g/mol. The Labute approximate surface area is 97.4 Å². The maximum absolute atomic E-state index is 9.35. The number of hydrogen-bond donors (Lipinski definition) is 2. The van der Waals surface area contributed by atoms with E-state index in [1.807, 2.05) is 27.0 Å². The predicted octanol–water partition coefficient (Wildman–Crippen LogP) is 1.87. The van der Waals surface area contributed by atoms with E-state index in [0.717, 1.165) is 16.9 Å². The highest BCUT2D eigenvalue weighted by Crippen LogP contribution is 2.30. The second-order valence-electron chi connectivity index (χ2n) is 4.08. The summed E-state index contributed by atoms with van der Waals surface area (Å²) in [5, 5.41) is 12.5. The Morgan fingerprint density at radius 1 is 1.31 bits per heavy atom. The standard InChI is InChI=1S/C13H21NO2/c1-8-6-12(16-5)9(2)10(3)13(8)11(7-15)14-4/h6,11,14-15H,7H2,1-5H3. The minimum Gasteiger partial charge on any atom is -0.496 e. The van der Waals surface area contributed by atoms with Crippen LogP contribution in [-0.4, -0.2) is 25.9 Å². The van der Waals surface area contributed by atoms with Crippen molar-refractivity contribution >= 4 is 0 Å². The molecule has 0 saturated heterocycles. The molecule has 16 heavy (non-hydrogen) atoms. The van der Waals surface area contributed by atoms with Crippen molar-refractivity contribution in [3.63, 3.8) is 0 Å². The summed E-state index contributed by atoms with van der Waals surface area (Å²) in [6.07, 6.45) is 0. The van der Waals surface area contributed by atoms with Crippen molar-refractivity contribution in [2.45, 2.75) is 26.8 Å². The normalized spacial score (nSPS) is 12.6. The number of methoxy groups -OCH3 is 1. The first kappa shape index (κ1) is 13.0. The number of hydrogen-bond acceptors (Lipinski definition) is 3. The molecule has 0 saturated carbocycles. The summed E-state index contributed by atoms with van der Waals surface area (Å²) < 4.78 is 5.33. The molecule has 0 radical (unpaired) electrons. The van der Waals surface area contributed by atoms with Crippen molar-refractivity contribution in [3.05, 3.63) is 28.3 Å². The van der Waals surface area contributed by atoms with E-state index in [4.69, 9.17) is 4.74 Å². The predicted molar refractivity (Wildman–Crippen MR) is 66.1 cm³/mol. The summed E-state index contributed by atoms with van der Waals surface area (Å²) >= 11 is 0. The summed E-state index contributed by atoms with van der Waals surface area (Å²) in [6, 6.07) is 2.02. The maximum atomic E-state index is 9.35. The van der Waals surface area contributed by atoms with Gasteiger partial charge in [0.15, 0.2) is 0 Å². The minimum absolute atomic E-state index is 0.00962. The molecule has 1 atom stereocenters. The Hall–Kier alpha value is -1.06. The van der Waals surface area contributed by atoms with Gasteiger partial charge in [-0.2, -0.15) is 0 Å². The third-order valence-corrected chi connectivity index (χ3v) is 3.21. The summed E-state index contributed by atoms with van der Waals surface area (Å²) in [5.74, 6) is 0.909. The van der Waals surface area contributed by atoms with Gasteiger partial charge in [0.05, 0.1) is 19.8 Å². The van der Waals surface area contributed by atoms with E-state index in [0.29, 0.717) is 0 Å². The van der Waals surface area contributed by atoms with E-state index in [9.17, 15) is 5.11 Å². The monoisotopic (exact) mass is 223 g/mol. The molecule has 3 nitrogen and oxygen atoms in total. The molecule has 3 heteroatoms. The molecular formula is C13H21NO2. The fourth-order valence-electron chi connectivity index (χ4n) is 2.14. The first-order valence-corrected chi connectivity index (χ1v) is 5.49. The van der Waals surface area contributed by atoms with Crippen LogP contribution in [0, 0.1) is 20.8 Å². The maximum Gasteiger partial charge on any atom is 0.122 e. The third-order valence-electron chi connectivity index (χ3n) is 3.21. The molecule has 0 aromatic heterocycles. The average Bonchev–Trinajstić information content (AvgIpc) is 2.29. The SMILES string of the molecule is CNC(CO)c1c(C)cc(OC)c(C)c1C. The highest BCUT2D eigenvalue weighted by Gasteiger charge is 2.17. The summed E-state index contributed by atoms with van der Waals surface area (Å²) in [7, 11) is 3.54. The molecule has 1 aromatic carbocycles. The highest BCUT2D eigenvalue weighted by molar-refractivity contribution is 5.49. The lowest BCUT2D eigenvalue weighted by Gasteiger charge is -2.22. The van der Waals surface area contributed by atoms with Crippen molar-refractivity contribution in [3.8, 4) is 5.75 Å². The molecule has 2 N–H and O–H groups in total. The Kier molecular flexibility index (Phi) is 4.33. The Morgan fingerprint density at radius 2 is 1.94 bits per heavy atom. The van der Waals surface area contributed by atoms with Crippen LogP contribution in [0.5, 0.6) is 5.75 Å². The lowest BCUT2D eigenvalue weighted by atomic mass is 9.92. The minimum atomic E-state index is -0.00962. The number of likely N-dealkylation sites (N-methyl/N-ethyl adjacent to an activating group) is 1. The summed E-state index contributed by atoms with van der Waals surface area (Å²) in [5.41, 5.74) is 4.64. The van der Waals surface area contributed by atoms with E-state index in [1.54, 1.807) is 7.11 Å². The molecule has 0 aliphatic heterocycles. The molecule has 1 unspecified atom stereocenters. The zero-order valence-electron chi connectivity index (χ0n) is 10.7. The van der Waals surface area contributed by atoms with Crippen LogP contribution in [0.4, 0.5) is 0 Å². The van der Waals surface area contributed by atoms with E-state index >= 15 is 0 Å². The molecule has 0 spiro atoms. The van der Waals surface area contributed by atoms with E-state index in [-0.39, 0.29) is 12.6 Å². The second-order valence-corrected chi connectivity index (χ2v) is 4.08. The number of nitrogens with one attached hydrogen (secondary N) is 1. The van der Waals surface area contributed by atoms with Gasteiger partial charge in [-0.05, 0) is 56.1 Å². The summed E-state index contributed by atoms with van der Waals surface area (Å²) in [6.45, 7) is 6.26. The fourth-order valence-corrected chi connectivity index (χ4v) is 2.14. The molecule has 0 bridgehead atoms. The fraction of sp³-hybridized carbons (Fsp3) is 0.538. The lowest BCUT2D eigenvalue weighted by Crippen LogP contribution is -2.22. The van der Waals surface area contributed by atoms with E-state index in [2.05, 4.69) is 12.2 Å². The van der Waals surface area contributed by atoms with E-state index in [1.165, 1.54) is 11.1 Å². The lowest BCUT2D eigenvalue weighted by molar-refractivity contribution is 0.250. The quantitative estimate of drug-likeness (QED) is 0.819. The van der Waals surface area contributed by atoms with Crippen LogP contribution < -0.4 is 10.1 Å². The van der Waals surface area contributed by atoms with Crippen LogP contribution >= 0.6 is 0 Å². The van der Waals surface area contributed by atoms with Crippen LogP contribution in [0.3, 0.4) is 0 Å². The Bertz CT molecular complexity index is 371. The third kappa shape index (κ3) is 2.20. The van der Waals surface area contributed by atoms with Crippen molar-refractivity contribution in [1.29, 1.82) is 0 Å². The topological polar surface area (TPSA) is 41.5 Å². The smallest absolute Gasteiger partial charge is 0.122 e. The van der Waals surface area contributed by atoms with Gasteiger partial charge in [-0.15, -0.1) is 0 Å². The van der Waals surface area contributed by atoms with Crippen molar-refractivity contribution in [1.82, 2.24) is 5.32 Å². The van der Waals surface area contributed by atoms with Crippen LogP contribution in [0.15, 0.2) is 6.07 Å². The number of aliphatic hydroxyl groups excluding tert-OH is 1. The zero-order valence-corrected chi connectivity index (χ0v) is 10.7. The van der Waals surface area contributed by atoms with Crippen LogP contribution in [0.1, 0.15) is 28.3 Å². The molecular weight excluding hydrogens is 202 g/mol. The van der Waals surface area contributed by atoms with E-state index < -0.39 is 0 Å². The van der Waals surface area contributed by atoms with Gasteiger partial charge >= 0.3 is 0 Å². The van der Waals surface area contributed by atoms with Crippen LogP contribution in [0.2, 0.25) is 0 Å². The van der Waals surface area contributed by atoms with Gasteiger partial charge in [0, 0.05) is 0 Å². The number of ether oxygens (including phenoxy) is 1. The van der Waals surface area contributed by atoms with Crippen molar-refractivity contribution in [2.75, 3.05) is 20.8 Å². The molecule has 0 heterocycles. The van der Waals surface area contributed by atoms with Crippen molar-refractivity contribution in [2.24, 2.45) is 0 Å². The Balaban J connectivity index is 3.35. The van der Waals surface area contributed by atoms with Crippen molar-refractivity contribution < 1.29 is 9.84 Å². The first-order valence-electron chi connectivity index (χ1n) is 5.49. The molecule has 0 amide bonds. The zero-order chi connectivity index (χ0) is 12.3. The second kappa shape index (κ2) is 5.32. The number of aryl methyl sites for hydroxylation is 1. The summed E-state index contributed by atoms with van der Waals surface area (Å²) in [4.78, 5) is 0. The van der Waals surface area contributed by atoms with Gasteiger partial charge < -0.3 is 15.2 Å². The molecule has 1 rings (SSSR count). The molecule has 90 valence electrons. The Morgan fingerprint density at radius 3 is 2.38 bits per heavy atom. The largest absolute Gasteiger partial charge is 0.496 e. The number of rotatable bonds is 4. The highest BCUT2D eigenvalue weighted by atomic mass is 16.5. The molecule has 0 aliphatic rings. The van der Waals surface area contributed by atoms with Gasteiger partial charge in [-0.1, -0.05) is 0 Å². The molecule has 1 aromatic rings. The van der Waals surface area contributed by atoms with Gasteiger partial charge in [-0.25, -0.2) is 0 Å². The first-order chi connectivity index (χ1) is 7.56. The number of benzene rings is 1. The van der Waals surface area contributed by atoms with Gasteiger partial charge in [0.1, 0.15) is 5.75 Å². The van der Waals surface area contributed by atoms with Gasteiger partial charge in [0.2, 0.25) is 0 Å². The molecule has 0 aliphatic carbocycles. The van der Waals surface area contributed by atoms with Crippen LogP contribution in [-0.2, 0) is 0 Å². The number of aliphatic hydroxyl groups is 1. The van der Waals surface area contributed by atoms with Gasteiger partial charge in [-0.3, -0.25) is 0 Å². The van der Waals surface area contributed by atoms with Gasteiger partial charge in [0.25, 0.3) is 0 Å².